The highest BCUT2D eigenvalue weighted by Crippen LogP contribution is 2.35. The van der Waals surface area contributed by atoms with E-state index in [1.54, 1.807) is 26.0 Å². The molecule has 1 aliphatic rings. The van der Waals surface area contributed by atoms with Crippen LogP contribution < -0.4 is 5.73 Å². The molecule has 1 aromatic carbocycles. The third-order valence-electron chi connectivity index (χ3n) is 4.12. The van der Waals surface area contributed by atoms with Crippen molar-refractivity contribution in [1.29, 1.82) is 0 Å². The first-order valence-electron chi connectivity index (χ1n) is 7.27. The van der Waals surface area contributed by atoms with E-state index >= 15 is 0 Å². The van der Waals surface area contributed by atoms with Crippen LogP contribution in [0.15, 0.2) is 17.0 Å². The van der Waals surface area contributed by atoms with Crippen LogP contribution in [0, 0.1) is 24.0 Å². The predicted octanol–water partition coefficient (Wildman–Crippen LogP) is 1.71. The van der Waals surface area contributed by atoms with Gasteiger partial charge in [-0.05, 0) is 32.3 Å². The SMILES string of the molecule is Cc1ccc(C)c(S(=O)(=O)N2CCCCC2CN)c1[N+](=O)[O-]. The molecule has 122 valence electrons. The minimum absolute atomic E-state index is 0.196. The molecule has 0 radical (unpaired) electrons. The fourth-order valence-electron chi connectivity index (χ4n) is 2.97. The Morgan fingerprint density at radius 3 is 2.55 bits per heavy atom. The van der Waals surface area contributed by atoms with Gasteiger partial charge >= 0.3 is 0 Å². The lowest BCUT2D eigenvalue weighted by Crippen LogP contribution is -2.47. The van der Waals surface area contributed by atoms with E-state index in [0.29, 0.717) is 24.1 Å². The Kier molecular flexibility index (Phi) is 4.84. The summed E-state index contributed by atoms with van der Waals surface area (Å²) in [5.41, 5.74) is 6.09. The average Bonchev–Trinajstić information content (AvgIpc) is 2.48. The summed E-state index contributed by atoms with van der Waals surface area (Å²) < 4.78 is 27.4. The minimum Gasteiger partial charge on any atom is -0.329 e. The standard InChI is InChI=1S/C14H21N3O4S/c1-10-6-7-11(2)14(13(10)17(18)19)22(20,21)16-8-4-3-5-12(16)9-15/h6-7,12H,3-5,8-9,15H2,1-2H3. The number of rotatable bonds is 4. The van der Waals surface area contributed by atoms with Gasteiger partial charge in [-0.25, -0.2) is 8.42 Å². The summed E-state index contributed by atoms with van der Waals surface area (Å²) in [4.78, 5) is 10.6. The number of benzene rings is 1. The second kappa shape index (κ2) is 6.31. The van der Waals surface area contributed by atoms with Gasteiger partial charge in [-0.15, -0.1) is 0 Å². The zero-order valence-corrected chi connectivity index (χ0v) is 13.6. The number of sulfonamides is 1. The van der Waals surface area contributed by atoms with Crippen molar-refractivity contribution in [2.24, 2.45) is 5.73 Å². The Labute approximate surface area is 130 Å². The lowest BCUT2D eigenvalue weighted by atomic mass is 10.1. The highest BCUT2D eigenvalue weighted by Gasteiger charge is 2.38. The number of aryl methyl sites for hydroxylation is 2. The molecule has 1 unspecified atom stereocenters. The highest BCUT2D eigenvalue weighted by molar-refractivity contribution is 7.89. The zero-order valence-electron chi connectivity index (χ0n) is 12.8. The minimum atomic E-state index is -3.94. The number of nitrogens with zero attached hydrogens (tertiary/aromatic N) is 2. The van der Waals surface area contributed by atoms with Gasteiger partial charge in [0.2, 0.25) is 10.0 Å². The van der Waals surface area contributed by atoms with E-state index in [2.05, 4.69) is 0 Å². The van der Waals surface area contributed by atoms with Gasteiger partial charge < -0.3 is 5.73 Å². The Hall–Kier alpha value is -1.51. The quantitative estimate of drug-likeness (QED) is 0.669. The van der Waals surface area contributed by atoms with Gasteiger partial charge in [-0.1, -0.05) is 18.6 Å². The van der Waals surface area contributed by atoms with Crippen molar-refractivity contribution in [2.75, 3.05) is 13.1 Å². The first-order valence-corrected chi connectivity index (χ1v) is 8.71. The summed E-state index contributed by atoms with van der Waals surface area (Å²) in [6.45, 7) is 3.71. The molecular weight excluding hydrogens is 306 g/mol. The van der Waals surface area contributed by atoms with Gasteiger partial charge in [0.15, 0.2) is 4.90 Å². The molecular formula is C14H21N3O4S. The van der Waals surface area contributed by atoms with Gasteiger partial charge in [0.25, 0.3) is 5.69 Å². The van der Waals surface area contributed by atoms with Crippen LogP contribution in [0.25, 0.3) is 0 Å². The Morgan fingerprint density at radius 2 is 1.95 bits per heavy atom. The fourth-order valence-corrected chi connectivity index (χ4v) is 5.11. The molecule has 1 atom stereocenters. The molecule has 0 aromatic heterocycles. The van der Waals surface area contributed by atoms with Crippen molar-refractivity contribution in [1.82, 2.24) is 4.31 Å². The molecule has 2 N–H and O–H groups in total. The lowest BCUT2D eigenvalue weighted by molar-refractivity contribution is -0.388. The van der Waals surface area contributed by atoms with E-state index in [9.17, 15) is 18.5 Å². The number of hydrogen-bond acceptors (Lipinski definition) is 5. The third kappa shape index (κ3) is 2.86. The van der Waals surface area contributed by atoms with Crippen molar-refractivity contribution >= 4 is 15.7 Å². The first-order chi connectivity index (χ1) is 10.3. The Morgan fingerprint density at radius 1 is 1.32 bits per heavy atom. The molecule has 2 rings (SSSR count). The first kappa shape index (κ1) is 16.9. The molecule has 0 saturated carbocycles. The second-order valence-electron chi connectivity index (χ2n) is 5.64. The van der Waals surface area contributed by atoms with E-state index in [1.807, 2.05) is 0 Å². The van der Waals surface area contributed by atoms with E-state index in [0.717, 1.165) is 12.8 Å². The summed E-state index contributed by atoms with van der Waals surface area (Å²) in [5, 5.41) is 11.4. The van der Waals surface area contributed by atoms with E-state index < -0.39 is 14.9 Å². The molecule has 1 aliphatic heterocycles. The summed E-state index contributed by atoms with van der Waals surface area (Å²) in [6, 6.07) is 2.89. The molecule has 1 fully saturated rings. The van der Waals surface area contributed by atoms with Crippen molar-refractivity contribution in [3.63, 3.8) is 0 Å². The molecule has 1 heterocycles. The average molecular weight is 327 g/mol. The van der Waals surface area contributed by atoms with Crippen LogP contribution in [0.2, 0.25) is 0 Å². The molecule has 0 bridgehead atoms. The highest BCUT2D eigenvalue weighted by atomic mass is 32.2. The zero-order chi connectivity index (χ0) is 16.5. The topological polar surface area (TPSA) is 107 Å². The lowest BCUT2D eigenvalue weighted by Gasteiger charge is -2.34. The van der Waals surface area contributed by atoms with Gasteiger partial charge in [0.1, 0.15) is 0 Å². The maximum absolute atomic E-state index is 13.0. The third-order valence-corrected chi connectivity index (χ3v) is 6.25. The predicted molar refractivity (Wildman–Crippen MR) is 83.2 cm³/mol. The number of nitrogens with two attached hydrogens (primary N) is 1. The van der Waals surface area contributed by atoms with Crippen LogP contribution in [0.1, 0.15) is 30.4 Å². The summed E-state index contributed by atoms with van der Waals surface area (Å²) in [5.74, 6) is 0. The van der Waals surface area contributed by atoms with Crippen molar-refractivity contribution in [2.45, 2.75) is 44.0 Å². The molecule has 22 heavy (non-hydrogen) atoms. The maximum atomic E-state index is 13.0. The molecule has 0 amide bonds. The van der Waals surface area contributed by atoms with E-state index in [-0.39, 0.29) is 23.2 Å². The molecule has 7 nitrogen and oxygen atoms in total. The van der Waals surface area contributed by atoms with Gasteiger partial charge in [-0.3, -0.25) is 10.1 Å². The van der Waals surface area contributed by atoms with Crippen LogP contribution in [0.5, 0.6) is 0 Å². The fraction of sp³-hybridized carbons (Fsp3) is 0.571. The molecule has 0 spiro atoms. The largest absolute Gasteiger partial charge is 0.329 e. The number of nitro benzene ring substituents is 1. The monoisotopic (exact) mass is 327 g/mol. The molecule has 1 saturated heterocycles. The number of piperidine rings is 1. The number of hydrogen-bond donors (Lipinski definition) is 1. The van der Waals surface area contributed by atoms with Gasteiger partial charge in [-0.2, -0.15) is 4.31 Å². The smallest absolute Gasteiger partial charge is 0.292 e. The van der Waals surface area contributed by atoms with Crippen molar-refractivity contribution in [3.05, 3.63) is 33.4 Å². The van der Waals surface area contributed by atoms with Crippen LogP contribution >= 0.6 is 0 Å². The van der Waals surface area contributed by atoms with E-state index in [4.69, 9.17) is 5.73 Å². The Bertz CT molecular complexity index is 688. The van der Waals surface area contributed by atoms with Crippen LogP contribution in [0.3, 0.4) is 0 Å². The van der Waals surface area contributed by atoms with Crippen molar-refractivity contribution < 1.29 is 13.3 Å². The number of nitro groups is 1. The molecule has 8 heteroatoms. The summed E-state index contributed by atoms with van der Waals surface area (Å²) in [6.07, 6.45) is 2.35. The molecule has 0 aliphatic carbocycles. The summed E-state index contributed by atoms with van der Waals surface area (Å²) in [7, 11) is -3.94. The van der Waals surface area contributed by atoms with Gasteiger partial charge in [0, 0.05) is 24.7 Å². The van der Waals surface area contributed by atoms with E-state index in [1.165, 1.54) is 4.31 Å². The van der Waals surface area contributed by atoms with Crippen LogP contribution in [-0.4, -0.2) is 36.8 Å². The molecule has 1 aromatic rings. The Balaban J connectivity index is 2.63. The van der Waals surface area contributed by atoms with Crippen LogP contribution in [0.4, 0.5) is 5.69 Å². The van der Waals surface area contributed by atoms with Crippen molar-refractivity contribution in [3.8, 4) is 0 Å². The second-order valence-corrected chi connectivity index (χ2v) is 7.46. The van der Waals surface area contributed by atoms with Gasteiger partial charge in [0.05, 0.1) is 4.92 Å². The normalized spacial score (nSPS) is 20.0. The van der Waals surface area contributed by atoms with Crippen LogP contribution in [-0.2, 0) is 10.0 Å². The summed E-state index contributed by atoms with van der Waals surface area (Å²) >= 11 is 0. The maximum Gasteiger partial charge on any atom is 0.292 e.